The number of hydrogen-bond donors (Lipinski definition) is 0. The minimum Gasteiger partial charge on any atom is -0.0590 e. The summed E-state index contributed by atoms with van der Waals surface area (Å²) in [6.45, 7) is 16.2. The minimum atomic E-state index is 0.266. The van der Waals surface area contributed by atoms with Crippen LogP contribution in [0.4, 0.5) is 0 Å². The van der Waals surface area contributed by atoms with Crippen molar-refractivity contribution in [3.05, 3.63) is 69.8 Å². The van der Waals surface area contributed by atoms with E-state index in [0.29, 0.717) is 0 Å². The van der Waals surface area contributed by atoms with E-state index in [0.717, 1.165) is 0 Å². The third-order valence-electron chi connectivity index (χ3n) is 6.08. The van der Waals surface area contributed by atoms with E-state index in [1.807, 2.05) is 0 Å². The second-order valence-electron chi connectivity index (χ2n) is 9.22. The van der Waals surface area contributed by atoms with Gasteiger partial charge in [0.2, 0.25) is 0 Å². The van der Waals surface area contributed by atoms with Gasteiger partial charge in [0.15, 0.2) is 0 Å². The standard InChI is InChI=1S/C25H32/c1-17-8-9-18(2)21(14-17)19(3)15-20-10-11-22-23(16-20)25(6,7)13-12-24(22,4)5/h8-11,14-16H,12-13H2,1-7H3. The normalized spacial score (nSPS) is 18.8. The lowest BCUT2D eigenvalue weighted by Crippen LogP contribution is -2.33. The Labute approximate surface area is 154 Å². The first-order chi connectivity index (χ1) is 11.6. The maximum absolute atomic E-state index is 2.44. The van der Waals surface area contributed by atoms with Gasteiger partial charge < -0.3 is 0 Å². The molecule has 1 aliphatic rings. The lowest BCUT2D eigenvalue weighted by atomic mass is 9.63. The van der Waals surface area contributed by atoms with Gasteiger partial charge in [-0.1, -0.05) is 75.7 Å². The zero-order chi connectivity index (χ0) is 18.4. The van der Waals surface area contributed by atoms with Crippen molar-refractivity contribution in [3.63, 3.8) is 0 Å². The first-order valence-corrected chi connectivity index (χ1v) is 9.51. The highest BCUT2D eigenvalue weighted by atomic mass is 14.4. The quantitative estimate of drug-likeness (QED) is 0.509. The maximum Gasteiger partial charge on any atom is -0.0100 e. The third kappa shape index (κ3) is 3.45. The van der Waals surface area contributed by atoms with Crippen molar-refractivity contribution in [1.29, 1.82) is 0 Å². The van der Waals surface area contributed by atoms with Crippen molar-refractivity contribution in [2.45, 2.75) is 72.1 Å². The van der Waals surface area contributed by atoms with Gasteiger partial charge in [-0.15, -0.1) is 0 Å². The SMILES string of the molecule is CC(=Cc1ccc2c(c1)C(C)(C)CCC2(C)C)c1cc(C)ccc1C. The predicted molar refractivity (Wildman–Crippen MR) is 111 cm³/mol. The van der Waals surface area contributed by atoms with Gasteiger partial charge >= 0.3 is 0 Å². The predicted octanol–water partition coefficient (Wildman–Crippen LogP) is 7.21. The second kappa shape index (κ2) is 6.16. The van der Waals surface area contributed by atoms with Gasteiger partial charge in [-0.3, -0.25) is 0 Å². The summed E-state index contributed by atoms with van der Waals surface area (Å²) >= 11 is 0. The first-order valence-electron chi connectivity index (χ1n) is 9.51. The van der Waals surface area contributed by atoms with Crippen LogP contribution >= 0.6 is 0 Å². The van der Waals surface area contributed by atoms with Gasteiger partial charge in [-0.25, -0.2) is 0 Å². The fraction of sp³-hybridized carbons (Fsp3) is 0.440. The van der Waals surface area contributed by atoms with Crippen LogP contribution in [-0.2, 0) is 10.8 Å². The van der Waals surface area contributed by atoms with Crippen LogP contribution in [0.1, 0.15) is 80.8 Å². The average Bonchev–Trinajstić information content (AvgIpc) is 2.54. The molecular weight excluding hydrogens is 300 g/mol. The Hall–Kier alpha value is -1.82. The smallest absolute Gasteiger partial charge is 0.0100 e. The van der Waals surface area contributed by atoms with E-state index in [4.69, 9.17) is 0 Å². The fourth-order valence-corrected chi connectivity index (χ4v) is 4.18. The van der Waals surface area contributed by atoms with Crippen molar-refractivity contribution in [1.82, 2.24) is 0 Å². The molecule has 132 valence electrons. The number of aryl methyl sites for hydroxylation is 2. The minimum absolute atomic E-state index is 0.266. The van der Waals surface area contributed by atoms with Crippen LogP contribution in [-0.4, -0.2) is 0 Å². The topological polar surface area (TPSA) is 0 Å². The Morgan fingerprint density at radius 1 is 0.840 bits per heavy atom. The molecule has 0 saturated heterocycles. The van der Waals surface area contributed by atoms with Crippen LogP contribution in [0.2, 0.25) is 0 Å². The molecule has 0 unspecified atom stereocenters. The third-order valence-corrected chi connectivity index (χ3v) is 6.08. The first kappa shape index (κ1) is 18.0. The fourth-order valence-electron chi connectivity index (χ4n) is 4.18. The molecule has 25 heavy (non-hydrogen) atoms. The Bertz CT molecular complexity index is 831. The Kier molecular flexibility index (Phi) is 4.43. The summed E-state index contributed by atoms with van der Waals surface area (Å²) in [5.41, 5.74) is 10.3. The molecule has 0 amide bonds. The summed E-state index contributed by atoms with van der Waals surface area (Å²) in [5.74, 6) is 0. The van der Waals surface area contributed by atoms with Crippen LogP contribution in [0.25, 0.3) is 11.6 Å². The Balaban J connectivity index is 2.06. The zero-order valence-corrected chi connectivity index (χ0v) is 17.0. The van der Waals surface area contributed by atoms with Gasteiger partial charge in [-0.05, 0) is 77.8 Å². The molecule has 3 rings (SSSR count). The van der Waals surface area contributed by atoms with Crippen molar-refractivity contribution in [2.75, 3.05) is 0 Å². The molecule has 0 saturated carbocycles. The highest BCUT2D eigenvalue weighted by molar-refractivity contribution is 5.82. The van der Waals surface area contributed by atoms with E-state index < -0.39 is 0 Å². The molecule has 2 aromatic rings. The van der Waals surface area contributed by atoms with Gasteiger partial charge in [0.1, 0.15) is 0 Å². The average molecular weight is 333 g/mol. The van der Waals surface area contributed by atoms with Crippen LogP contribution in [0.15, 0.2) is 36.4 Å². The van der Waals surface area contributed by atoms with E-state index >= 15 is 0 Å². The van der Waals surface area contributed by atoms with Gasteiger partial charge in [0.05, 0.1) is 0 Å². The molecule has 0 aliphatic heterocycles. The molecule has 0 radical (unpaired) electrons. The molecule has 0 heteroatoms. The molecule has 0 bridgehead atoms. The zero-order valence-electron chi connectivity index (χ0n) is 17.0. The van der Waals surface area contributed by atoms with Gasteiger partial charge in [0.25, 0.3) is 0 Å². The van der Waals surface area contributed by atoms with E-state index in [1.54, 1.807) is 0 Å². The maximum atomic E-state index is 2.44. The molecule has 0 atom stereocenters. The van der Waals surface area contributed by atoms with E-state index in [9.17, 15) is 0 Å². The molecular formula is C25H32. The molecule has 0 nitrogen and oxygen atoms in total. The number of allylic oxidation sites excluding steroid dienone is 1. The second-order valence-corrected chi connectivity index (χ2v) is 9.22. The molecule has 0 N–H and O–H groups in total. The lowest BCUT2D eigenvalue weighted by molar-refractivity contribution is 0.332. The highest BCUT2D eigenvalue weighted by Crippen LogP contribution is 2.46. The summed E-state index contributed by atoms with van der Waals surface area (Å²) in [6, 6.07) is 13.8. The number of benzene rings is 2. The summed E-state index contributed by atoms with van der Waals surface area (Å²) in [6.07, 6.45) is 4.87. The summed E-state index contributed by atoms with van der Waals surface area (Å²) in [7, 11) is 0. The molecule has 0 spiro atoms. The van der Waals surface area contributed by atoms with Crippen molar-refractivity contribution in [2.24, 2.45) is 0 Å². The molecule has 2 aromatic carbocycles. The lowest BCUT2D eigenvalue weighted by Gasteiger charge is -2.42. The number of fused-ring (bicyclic) bond motifs is 1. The number of hydrogen-bond acceptors (Lipinski definition) is 0. The molecule has 0 fully saturated rings. The molecule has 0 aromatic heterocycles. The van der Waals surface area contributed by atoms with Gasteiger partial charge in [0, 0.05) is 0 Å². The highest BCUT2D eigenvalue weighted by Gasteiger charge is 2.36. The molecule has 1 aliphatic carbocycles. The van der Waals surface area contributed by atoms with Crippen molar-refractivity contribution < 1.29 is 0 Å². The molecule has 0 heterocycles. The van der Waals surface area contributed by atoms with Gasteiger partial charge in [-0.2, -0.15) is 0 Å². The van der Waals surface area contributed by atoms with Crippen molar-refractivity contribution >= 4 is 11.6 Å². The Morgan fingerprint density at radius 2 is 1.48 bits per heavy atom. The van der Waals surface area contributed by atoms with Crippen LogP contribution in [0.5, 0.6) is 0 Å². The summed E-state index contributed by atoms with van der Waals surface area (Å²) in [4.78, 5) is 0. The summed E-state index contributed by atoms with van der Waals surface area (Å²) < 4.78 is 0. The monoisotopic (exact) mass is 332 g/mol. The van der Waals surface area contributed by atoms with Crippen LogP contribution in [0.3, 0.4) is 0 Å². The van der Waals surface area contributed by atoms with E-state index in [-0.39, 0.29) is 10.8 Å². The van der Waals surface area contributed by atoms with Crippen LogP contribution < -0.4 is 0 Å². The van der Waals surface area contributed by atoms with E-state index in [2.05, 4.69) is 90.9 Å². The van der Waals surface area contributed by atoms with Crippen molar-refractivity contribution in [3.8, 4) is 0 Å². The largest absolute Gasteiger partial charge is 0.0590 e. The van der Waals surface area contributed by atoms with Crippen LogP contribution in [0, 0.1) is 13.8 Å². The Morgan fingerprint density at radius 3 is 2.16 bits per heavy atom. The van der Waals surface area contributed by atoms with E-state index in [1.165, 1.54) is 51.8 Å². The summed E-state index contributed by atoms with van der Waals surface area (Å²) in [5, 5.41) is 0. The number of rotatable bonds is 2.